The fourth-order valence-electron chi connectivity index (χ4n) is 1.80. The lowest BCUT2D eigenvalue weighted by molar-refractivity contribution is -0.137. The van der Waals surface area contributed by atoms with Crippen LogP contribution < -0.4 is 5.32 Å². The van der Waals surface area contributed by atoms with E-state index in [1.54, 1.807) is 0 Å². The molecule has 4 nitrogen and oxygen atoms in total. The average Bonchev–Trinajstić information content (AvgIpc) is 2.41. The number of nitrogens with one attached hydrogen (secondary N) is 1. The van der Waals surface area contributed by atoms with E-state index in [0.717, 1.165) is 31.7 Å². The first-order valence-electron chi connectivity index (χ1n) is 5.97. The van der Waals surface area contributed by atoms with Crippen LogP contribution in [0.3, 0.4) is 0 Å². The molecule has 4 heteroatoms. The van der Waals surface area contributed by atoms with Crippen LogP contribution in [0.5, 0.6) is 0 Å². The molecule has 1 fully saturated rings. The Morgan fingerprint density at radius 1 is 1.24 bits per heavy atom. The van der Waals surface area contributed by atoms with E-state index in [1.165, 1.54) is 5.56 Å². The predicted molar refractivity (Wildman–Crippen MR) is 64.4 cm³/mol. The number of hydrogen-bond donors (Lipinski definition) is 2. The average molecular weight is 237 g/mol. The maximum absolute atomic E-state index is 8.93. The topological polar surface area (TPSA) is 50.7 Å². The fourth-order valence-corrected chi connectivity index (χ4v) is 1.80. The molecule has 0 saturated carbocycles. The minimum absolute atomic E-state index is 0.101. The third-order valence-electron chi connectivity index (χ3n) is 2.88. The van der Waals surface area contributed by atoms with Gasteiger partial charge >= 0.3 is 0 Å². The van der Waals surface area contributed by atoms with Crippen LogP contribution >= 0.6 is 0 Å². The molecule has 1 aliphatic rings. The molecule has 0 spiro atoms. The van der Waals surface area contributed by atoms with Crippen molar-refractivity contribution in [3.63, 3.8) is 0 Å². The molecule has 94 valence electrons. The van der Waals surface area contributed by atoms with E-state index in [9.17, 15) is 0 Å². The minimum atomic E-state index is 0.101. The Bertz CT molecular complexity index is 320. The quantitative estimate of drug-likeness (QED) is 0.803. The van der Waals surface area contributed by atoms with Gasteiger partial charge in [0.25, 0.3) is 0 Å². The van der Waals surface area contributed by atoms with Crippen LogP contribution in [0.1, 0.15) is 17.5 Å². The molecule has 1 saturated heterocycles. The van der Waals surface area contributed by atoms with Crippen LogP contribution in [0.25, 0.3) is 0 Å². The molecule has 1 aromatic carbocycles. The summed E-state index contributed by atoms with van der Waals surface area (Å²) in [5.74, 6) is 0. The van der Waals surface area contributed by atoms with Crippen molar-refractivity contribution in [1.82, 2.24) is 5.32 Å². The Labute approximate surface area is 102 Å². The summed E-state index contributed by atoms with van der Waals surface area (Å²) in [5.41, 5.74) is 2.16. The van der Waals surface area contributed by atoms with Crippen molar-refractivity contribution in [2.75, 3.05) is 19.9 Å². The van der Waals surface area contributed by atoms with Crippen LogP contribution in [0.15, 0.2) is 24.3 Å². The molecule has 0 aromatic heterocycles. The van der Waals surface area contributed by atoms with E-state index in [1.807, 2.05) is 24.3 Å². The maximum Gasteiger partial charge on any atom is 0.147 e. The predicted octanol–water partition coefficient (Wildman–Crippen LogP) is 1.03. The van der Waals surface area contributed by atoms with Gasteiger partial charge < -0.3 is 19.9 Å². The minimum Gasteiger partial charge on any atom is -0.392 e. The van der Waals surface area contributed by atoms with Crippen molar-refractivity contribution in [2.24, 2.45) is 0 Å². The Morgan fingerprint density at radius 2 is 2.00 bits per heavy atom. The van der Waals surface area contributed by atoms with Gasteiger partial charge in [0, 0.05) is 13.1 Å². The molecule has 2 rings (SSSR count). The van der Waals surface area contributed by atoms with E-state index in [2.05, 4.69) is 5.32 Å². The van der Waals surface area contributed by atoms with Crippen LogP contribution in [-0.4, -0.2) is 31.2 Å². The van der Waals surface area contributed by atoms with Crippen LogP contribution in [0, 0.1) is 0 Å². The first-order valence-corrected chi connectivity index (χ1v) is 5.97. The molecular formula is C13H19NO3. The standard InChI is InChI=1S/C13H19NO3/c15-9-12-3-1-11(2-4-12)7-14-8-13-5-6-16-10-17-13/h1-4,13-15H,5-10H2. The second kappa shape index (κ2) is 6.71. The summed E-state index contributed by atoms with van der Waals surface area (Å²) < 4.78 is 10.6. The van der Waals surface area contributed by atoms with E-state index >= 15 is 0 Å². The molecule has 1 aliphatic heterocycles. The molecule has 0 amide bonds. The Hall–Kier alpha value is -0.940. The summed E-state index contributed by atoms with van der Waals surface area (Å²) in [7, 11) is 0. The SMILES string of the molecule is OCc1ccc(CNCC2CCOCO2)cc1. The summed E-state index contributed by atoms with van der Waals surface area (Å²) in [6, 6.07) is 7.96. The van der Waals surface area contributed by atoms with Gasteiger partial charge in [-0.3, -0.25) is 0 Å². The molecular weight excluding hydrogens is 218 g/mol. The van der Waals surface area contributed by atoms with Crippen LogP contribution in [-0.2, 0) is 22.6 Å². The summed E-state index contributed by atoms with van der Waals surface area (Å²) in [6.07, 6.45) is 1.22. The lowest BCUT2D eigenvalue weighted by Crippen LogP contribution is -2.33. The van der Waals surface area contributed by atoms with Crippen molar-refractivity contribution in [3.8, 4) is 0 Å². The number of hydrogen-bond acceptors (Lipinski definition) is 4. The highest BCUT2D eigenvalue weighted by atomic mass is 16.7. The molecule has 17 heavy (non-hydrogen) atoms. The zero-order valence-corrected chi connectivity index (χ0v) is 9.89. The molecule has 1 heterocycles. The number of ether oxygens (including phenoxy) is 2. The van der Waals surface area contributed by atoms with Gasteiger partial charge in [0.05, 0.1) is 19.3 Å². The van der Waals surface area contributed by atoms with Crippen molar-refractivity contribution in [2.45, 2.75) is 25.7 Å². The highest BCUT2D eigenvalue weighted by Crippen LogP contribution is 2.06. The monoisotopic (exact) mass is 237 g/mol. The van der Waals surface area contributed by atoms with Gasteiger partial charge in [-0.2, -0.15) is 0 Å². The van der Waals surface area contributed by atoms with Gasteiger partial charge in [-0.15, -0.1) is 0 Å². The zero-order chi connectivity index (χ0) is 11.9. The maximum atomic E-state index is 8.93. The summed E-state index contributed by atoms with van der Waals surface area (Å²) in [6.45, 7) is 2.98. The number of benzene rings is 1. The first-order chi connectivity index (χ1) is 8.38. The second-order valence-corrected chi connectivity index (χ2v) is 4.21. The number of rotatable bonds is 5. The van der Waals surface area contributed by atoms with E-state index in [4.69, 9.17) is 14.6 Å². The molecule has 1 atom stereocenters. The van der Waals surface area contributed by atoms with Crippen molar-refractivity contribution < 1.29 is 14.6 Å². The number of aliphatic hydroxyl groups is 1. The molecule has 0 radical (unpaired) electrons. The molecule has 1 aromatic rings. The van der Waals surface area contributed by atoms with Gasteiger partial charge in [-0.1, -0.05) is 24.3 Å². The lowest BCUT2D eigenvalue weighted by atomic mass is 10.1. The molecule has 2 N–H and O–H groups in total. The third-order valence-corrected chi connectivity index (χ3v) is 2.88. The Kier molecular flexibility index (Phi) is 4.94. The van der Waals surface area contributed by atoms with Crippen molar-refractivity contribution >= 4 is 0 Å². The summed E-state index contributed by atoms with van der Waals surface area (Å²) >= 11 is 0. The van der Waals surface area contributed by atoms with E-state index in [-0.39, 0.29) is 12.7 Å². The van der Waals surface area contributed by atoms with E-state index < -0.39 is 0 Å². The summed E-state index contributed by atoms with van der Waals surface area (Å²) in [4.78, 5) is 0. The van der Waals surface area contributed by atoms with Gasteiger partial charge in [-0.25, -0.2) is 0 Å². The largest absolute Gasteiger partial charge is 0.392 e. The molecule has 1 unspecified atom stereocenters. The van der Waals surface area contributed by atoms with Crippen molar-refractivity contribution in [1.29, 1.82) is 0 Å². The molecule has 0 bridgehead atoms. The number of aliphatic hydroxyl groups excluding tert-OH is 1. The summed E-state index contributed by atoms with van der Waals surface area (Å²) in [5, 5.41) is 12.3. The van der Waals surface area contributed by atoms with Gasteiger partial charge in [0.1, 0.15) is 6.79 Å². The van der Waals surface area contributed by atoms with Crippen LogP contribution in [0.4, 0.5) is 0 Å². The van der Waals surface area contributed by atoms with E-state index in [0.29, 0.717) is 6.79 Å². The fraction of sp³-hybridized carbons (Fsp3) is 0.538. The van der Waals surface area contributed by atoms with Gasteiger partial charge in [0.15, 0.2) is 0 Å². The lowest BCUT2D eigenvalue weighted by Gasteiger charge is -2.23. The highest BCUT2D eigenvalue weighted by molar-refractivity contribution is 5.21. The smallest absolute Gasteiger partial charge is 0.147 e. The van der Waals surface area contributed by atoms with Crippen molar-refractivity contribution in [3.05, 3.63) is 35.4 Å². The third kappa shape index (κ3) is 4.09. The second-order valence-electron chi connectivity index (χ2n) is 4.21. The zero-order valence-electron chi connectivity index (χ0n) is 9.89. The Morgan fingerprint density at radius 3 is 2.65 bits per heavy atom. The molecule has 0 aliphatic carbocycles. The Balaban J connectivity index is 1.69. The van der Waals surface area contributed by atoms with Gasteiger partial charge in [0.2, 0.25) is 0 Å². The normalized spacial score (nSPS) is 20.4. The highest BCUT2D eigenvalue weighted by Gasteiger charge is 2.12. The van der Waals surface area contributed by atoms with Gasteiger partial charge in [-0.05, 0) is 17.5 Å². The first kappa shape index (κ1) is 12.5. The van der Waals surface area contributed by atoms with Crippen LogP contribution in [0.2, 0.25) is 0 Å².